The van der Waals surface area contributed by atoms with Crippen LogP contribution in [0.25, 0.3) is 10.9 Å². The number of anilines is 2. The third kappa shape index (κ3) is 7.71. The molecule has 1 aromatic carbocycles. The van der Waals surface area contributed by atoms with Crippen molar-refractivity contribution in [3.8, 4) is 12.1 Å². The summed E-state index contributed by atoms with van der Waals surface area (Å²) in [5.74, 6) is 0.705. The van der Waals surface area contributed by atoms with E-state index in [2.05, 4.69) is 41.1 Å². The second kappa shape index (κ2) is 15.1. The third-order valence-corrected chi connectivity index (χ3v) is 11.3. The van der Waals surface area contributed by atoms with Gasteiger partial charge in [-0.3, -0.25) is 0 Å². The first kappa shape index (κ1) is 37.5. The van der Waals surface area contributed by atoms with Crippen LogP contribution in [0, 0.1) is 25.2 Å². The van der Waals surface area contributed by atoms with E-state index in [1.165, 1.54) is 16.0 Å². The van der Waals surface area contributed by atoms with Gasteiger partial charge in [0.05, 0.1) is 53.7 Å². The SMILES string of the molecule is Cc1cc2c(cnn2C2CCCCO2)c(N2CCc3c(nc(OCC4(NC(=O)OC(C)(C)C)CCCC4)nc3N3CCN(C(=O)O)C(CC#N)C3)C2)c1C. The lowest BCUT2D eigenvalue weighted by Crippen LogP contribution is -2.55. The number of hydrogen-bond acceptors (Lipinski definition) is 11. The Bertz CT molecular complexity index is 1920. The van der Waals surface area contributed by atoms with Crippen LogP contribution in [0.3, 0.4) is 0 Å². The number of hydrogen-bond donors (Lipinski definition) is 2. The maximum absolute atomic E-state index is 12.9. The summed E-state index contributed by atoms with van der Waals surface area (Å²) in [6.45, 7) is 13.0. The molecule has 1 aliphatic carbocycles. The van der Waals surface area contributed by atoms with E-state index in [1.807, 2.05) is 31.6 Å². The summed E-state index contributed by atoms with van der Waals surface area (Å²) >= 11 is 0. The van der Waals surface area contributed by atoms with E-state index in [0.29, 0.717) is 38.4 Å². The molecule has 2 N–H and O–H groups in total. The number of aryl methyl sites for hydroxylation is 1. The lowest BCUT2D eigenvalue weighted by molar-refractivity contribution is -0.0366. The van der Waals surface area contributed by atoms with E-state index in [-0.39, 0.29) is 31.8 Å². The largest absolute Gasteiger partial charge is 0.465 e. The Morgan fingerprint density at radius 2 is 1.91 bits per heavy atom. The Hall–Kier alpha value is -4.84. The molecule has 290 valence electrons. The topological polar surface area (TPSA) is 171 Å². The molecule has 0 bridgehead atoms. The van der Waals surface area contributed by atoms with Crippen LogP contribution >= 0.6 is 0 Å². The lowest BCUT2D eigenvalue weighted by Gasteiger charge is -2.41. The van der Waals surface area contributed by atoms with Crippen LogP contribution in [0.15, 0.2) is 12.3 Å². The maximum Gasteiger partial charge on any atom is 0.408 e. The second-order valence-corrected chi connectivity index (χ2v) is 16.3. The minimum atomic E-state index is -1.03. The Kier molecular flexibility index (Phi) is 10.5. The Morgan fingerprint density at radius 1 is 1.11 bits per heavy atom. The molecular weight excluding hydrogens is 690 g/mol. The van der Waals surface area contributed by atoms with Crippen LogP contribution in [-0.2, 0) is 22.4 Å². The highest BCUT2D eigenvalue weighted by atomic mass is 16.6. The van der Waals surface area contributed by atoms with Gasteiger partial charge >= 0.3 is 18.2 Å². The molecule has 0 spiro atoms. The number of nitrogens with zero attached hydrogens (tertiary/aromatic N) is 8. The number of piperazine rings is 1. The average molecular weight is 744 g/mol. The smallest absolute Gasteiger partial charge is 0.408 e. The van der Waals surface area contributed by atoms with Crippen LogP contribution in [0.4, 0.5) is 21.1 Å². The van der Waals surface area contributed by atoms with Crippen molar-refractivity contribution in [3.05, 3.63) is 34.6 Å². The van der Waals surface area contributed by atoms with Gasteiger partial charge < -0.3 is 39.3 Å². The average Bonchev–Trinajstić information content (AvgIpc) is 3.77. The van der Waals surface area contributed by atoms with Crippen molar-refractivity contribution >= 4 is 34.6 Å². The van der Waals surface area contributed by atoms with Gasteiger partial charge in [0.1, 0.15) is 18.0 Å². The van der Waals surface area contributed by atoms with Gasteiger partial charge in [-0.15, -0.1) is 0 Å². The number of benzene rings is 1. The Labute approximate surface area is 316 Å². The second-order valence-electron chi connectivity index (χ2n) is 16.3. The minimum absolute atomic E-state index is 0.0777. The summed E-state index contributed by atoms with van der Waals surface area (Å²) in [7, 11) is 0. The molecule has 2 atom stereocenters. The highest BCUT2D eigenvalue weighted by Gasteiger charge is 2.39. The van der Waals surface area contributed by atoms with Crippen LogP contribution in [-0.4, -0.2) is 98.5 Å². The molecule has 7 rings (SSSR count). The van der Waals surface area contributed by atoms with Gasteiger partial charge in [-0.25, -0.2) is 14.3 Å². The fraction of sp³-hybridized carbons (Fsp3) is 0.641. The Morgan fingerprint density at radius 3 is 2.61 bits per heavy atom. The molecule has 3 fully saturated rings. The summed E-state index contributed by atoms with van der Waals surface area (Å²) in [5.41, 5.74) is 5.10. The van der Waals surface area contributed by atoms with E-state index in [4.69, 9.17) is 29.3 Å². The van der Waals surface area contributed by atoms with Crippen LogP contribution in [0.1, 0.15) is 101 Å². The minimum Gasteiger partial charge on any atom is -0.465 e. The van der Waals surface area contributed by atoms with Gasteiger partial charge in [-0.05, 0) is 90.3 Å². The van der Waals surface area contributed by atoms with Gasteiger partial charge in [-0.2, -0.15) is 20.3 Å². The van der Waals surface area contributed by atoms with Gasteiger partial charge in [0, 0.05) is 43.7 Å². The number of amides is 2. The summed E-state index contributed by atoms with van der Waals surface area (Å²) in [5, 5.41) is 28.5. The molecule has 2 aromatic heterocycles. The molecule has 15 nitrogen and oxygen atoms in total. The zero-order chi connectivity index (χ0) is 38.2. The standard InChI is InChI=1S/C39H53N9O6/c1-25-20-31-29(21-41-48(31)32-10-6-9-19-52-32)33(26(25)2)45-16-12-28-30(23-45)42-35(43-34(28)46-17-18-47(37(50)51)27(22-46)11-15-40)53-24-39(13-7-8-14-39)44-36(49)54-38(3,4)5/h20-21,27,32H,6-14,16-19,22-24H2,1-5H3,(H,44,49)(H,50,51). The van der Waals surface area contributed by atoms with Crippen LogP contribution in [0.5, 0.6) is 6.01 Å². The first-order valence-electron chi connectivity index (χ1n) is 19.3. The first-order chi connectivity index (χ1) is 25.8. The number of carboxylic acid groups (broad SMARTS) is 1. The fourth-order valence-electron chi connectivity index (χ4n) is 8.52. The predicted octanol–water partition coefficient (Wildman–Crippen LogP) is 6.00. The summed E-state index contributed by atoms with van der Waals surface area (Å²) < 4.78 is 20.2. The van der Waals surface area contributed by atoms with E-state index in [9.17, 15) is 20.0 Å². The van der Waals surface area contributed by atoms with E-state index < -0.39 is 29.4 Å². The number of aromatic nitrogens is 4. The maximum atomic E-state index is 12.9. The number of nitriles is 1. The number of ether oxygens (including phenoxy) is 3. The molecule has 5 heterocycles. The van der Waals surface area contributed by atoms with E-state index >= 15 is 0 Å². The van der Waals surface area contributed by atoms with Gasteiger partial charge in [-0.1, -0.05) is 12.8 Å². The first-order valence-corrected chi connectivity index (χ1v) is 19.3. The molecule has 0 radical (unpaired) electrons. The zero-order valence-corrected chi connectivity index (χ0v) is 32.2. The lowest BCUT2D eigenvalue weighted by atomic mass is 9.98. The number of alkyl carbamates (subject to hydrolysis) is 1. The molecule has 2 amide bonds. The molecule has 3 aliphatic heterocycles. The van der Waals surface area contributed by atoms with E-state index in [0.717, 1.165) is 79.4 Å². The van der Waals surface area contributed by atoms with Gasteiger partial charge in [0.15, 0.2) is 6.23 Å². The van der Waals surface area contributed by atoms with Crippen molar-refractivity contribution < 1.29 is 28.9 Å². The molecular formula is C39H53N9O6. The van der Waals surface area contributed by atoms with Crippen molar-refractivity contribution in [2.75, 3.05) is 49.2 Å². The van der Waals surface area contributed by atoms with Gasteiger partial charge in [0.25, 0.3) is 0 Å². The monoisotopic (exact) mass is 743 g/mol. The van der Waals surface area contributed by atoms with Crippen molar-refractivity contribution in [2.24, 2.45) is 0 Å². The quantitative estimate of drug-likeness (QED) is 0.276. The molecule has 2 saturated heterocycles. The van der Waals surface area contributed by atoms with Crippen molar-refractivity contribution in [1.29, 1.82) is 5.26 Å². The van der Waals surface area contributed by atoms with E-state index in [1.54, 1.807) is 0 Å². The molecule has 1 saturated carbocycles. The fourth-order valence-corrected chi connectivity index (χ4v) is 8.52. The highest BCUT2D eigenvalue weighted by Crippen LogP contribution is 2.40. The van der Waals surface area contributed by atoms with Crippen LogP contribution < -0.4 is 19.9 Å². The summed E-state index contributed by atoms with van der Waals surface area (Å²) in [6, 6.07) is 4.09. The van der Waals surface area contributed by atoms with Gasteiger partial charge in [0.2, 0.25) is 0 Å². The van der Waals surface area contributed by atoms with Crippen molar-refractivity contribution in [1.82, 2.24) is 30.0 Å². The molecule has 54 heavy (non-hydrogen) atoms. The number of rotatable bonds is 8. The third-order valence-electron chi connectivity index (χ3n) is 11.3. The zero-order valence-electron chi connectivity index (χ0n) is 32.2. The molecule has 4 aliphatic rings. The highest BCUT2D eigenvalue weighted by molar-refractivity contribution is 5.95. The van der Waals surface area contributed by atoms with Crippen molar-refractivity contribution in [3.63, 3.8) is 0 Å². The Balaban J connectivity index is 1.23. The van der Waals surface area contributed by atoms with Crippen molar-refractivity contribution in [2.45, 2.75) is 122 Å². The molecule has 3 aromatic rings. The normalized spacial score (nSPS) is 21.4. The predicted molar refractivity (Wildman–Crippen MR) is 202 cm³/mol. The summed E-state index contributed by atoms with van der Waals surface area (Å²) in [4.78, 5) is 40.8. The number of nitrogens with one attached hydrogen (secondary N) is 1. The number of carbonyl (C=O) groups excluding carboxylic acids is 1. The number of carbonyl (C=O) groups is 2. The molecule has 15 heteroatoms. The summed E-state index contributed by atoms with van der Waals surface area (Å²) in [6.07, 6.45) is 7.60. The van der Waals surface area contributed by atoms with Crippen LogP contribution in [0.2, 0.25) is 0 Å². The molecule has 2 unspecified atom stereocenters. The number of fused-ring (bicyclic) bond motifs is 2.